The molecule has 1 unspecified atom stereocenters. The van der Waals surface area contributed by atoms with Crippen LogP contribution in [0.5, 0.6) is 0 Å². The summed E-state index contributed by atoms with van der Waals surface area (Å²) in [5.41, 5.74) is 7.38. The Morgan fingerprint density at radius 1 is 1.27 bits per heavy atom. The highest BCUT2D eigenvalue weighted by Crippen LogP contribution is 2.16. The van der Waals surface area contributed by atoms with Crippen LogP contribution in [0.15, 0.2) is 30.3 Å². The van der Waals surface area contributed by atoms with Gasteiger partial charge >= 0.3 is 0 Å². The van der Waals surface area contributed by atoms with Crippen LogP contribution in [-0.4, -0.2) is 5.54 Å². The lowest BCUT2D eigenvalue weighted by atomic mass is 9.88. The standard InChI is InChI=1S/C14H22N/c1-3-4-8-11-14(2,15)12-13-9-6-5-7-10-13/h5-7,9-11H,3-4,8,12,15H2,1-2H3. The van der Waals surface area contributed by atoms with Crippen molar-refractivity contribution in [3.8, 4) is 0 Å². The Morgan fingerprint density at radius 2 is 1.93 bits per heavy atom. The van der Waals surface area contributed by atoms with E-state index in [1.54, 1.807) is 0 Å². The summed E-state index contributed by atoms with van der Waals surface area (Å²) in [5, 5.41) is 0. The van der Waals surface area contributed by atoms with Crippen LogP contribution in [0.3, 0.4) is 0 Å². The van der Waals surface area contributed by atoms with Crippen LogP contribution in [0.4, 0.5) is 0 Å². The van der Waals surface area contributed by atoms with E-state index in [1.807, 2.05) is 6.07 Å². The van der Waals surface area contributed by atoms with E-state index in [2.05, 4.69) is 44.5 Å². The van der Waals surface area contributed by atoms with Gasteiger partial charge in [0.2, 0.25) is 0 Å². The lowest BCUT2D eigenvalue weighted by Crippen LogP contribution is -2.39. The molecular formula is C14H22N. The highest BCUT2D eigenvalue weighted by molar-refractivity contribution is 5.18. The van der Waals surface area contributed by atoms with Crippen LogP contribution in [0, 0.1) is 6.42 Å². The highest BCUT2D eigenvalue weighted by atomic mass is 14.7. The van der Waals surface area contributed by atoms with Crippen LogP contribution < -0.4 is 5.73 Å². The van der Waals surface area contributed by atoms with Crippen LogP contribution >= 0.6 is 0 Å². The third kappa shape index (κ3) is 4.98. The van der Waals surface area contributed by atoms with Crippen molar-refractivity contribution in [1.82, 2.24) is 0 Å². The summed E-state index contributed by atoms with van der Waals surface area (Å²) in [5.74, 6) is 0. The molecule has 0 fully saturated rings. The van der Waals surface area contributed by atoms with Crippen molar-refractivity contribution in [2.45, 2.75) is 45.1 Å². The number of hydrogen-bond acceptors (Lipinski definition) is 1. The third-order valence-corrected chi connectivity index (χ3v) is 2.60. The first-order valence-electron chi connectivity index (χ1n) is 5.81. The molecule has 83 valence electrons. The zero-order valence-corrected chi connectivity index (χ0v) is 9.87. The van der Waals surface area contributed by atoms with E-state index in [0.717, 1.165) is 12.8 Å². The average Bonchev–Trinajstić information content (AvgIpc) is 2.18. The summed E-state index contributed by atoms with van der Waals surface area (Å²) in [6, 6.07) is 10.4. The van der Waals surface area contributed by atoms with Crippen molar-refractivity contribution >= 4 is 0 Å². The number of unbranched alkanes of at least 4 members (excludes halogenated alkanes) is 2. The molecule has 15 heavy (non-hydrogen) atoms. The van der Waals surface area contributed by atoms with E-state index < -0.39 is 0 Å². The summed E-state index contributed by atoms with van der Waals surface area (Å²) in [6.07, 6.45) is 6.77. The summed E-state index contributed by atoms with van der Waals surface area (Å²) < 4.78 is 0. The molecule has 1 rings (SSSR count). The SMILES string of the molecule is CCCC[CH]C(C)(N)Cc1ccccc1. The maximum Gasteiger partial charge on any atom is 0.0198 e. The topological polar surface area (TPSA) is 26.0 Å². The smallest absolute Gasteiger partial charge is 0.0198 e. The molecule has 0 heterocycles. The molecular weight excluding hydrogens is 182 g/mol. The first kappa shape index (κ1) is 12.3. The van der Waals surface area contributed by atoms with Crippen molar-refractivity contribution in [1.29, 1.82) is 0 Å². The molecule has 1 aromatic rings. The molecule has 0 aliphatic heterocycles. The van der Waals surface area contributed by atoms with Gasteiger partial charge in [-0.2, -0.15) is 0 Å². The van der Waals surface area contributed by atoms with Crippen molar-refractivity contribution < 1.29 is 0 Å². The molecule has 1 heteroatoms. The molecule has 0 aliphatic rings. The Hall–Kier alpha value is -0.820. The van der Waals surface area contributed by atoms with E-state index >= 15 is 0 Å². The molecule has 0 saturated carbocycles. The van der Waals surface area contributed by atoms with Gasteiger partial charge in [-0.25, -0.2) is 0 Å². The van der Waals surface area contributed by atoms with Crippen molar-refractivity contribution in [2.75, 3.05) is 0 Å². The third-order valence-electron chi connectivity index (χ3n) is 2.60. The number of nitrogens with two attached hydrogens (primary N) is 1. The van der Waals surface area contributed by atoms with Crippen LogP contribution in [0.2, 0.25) is 0 Å². The molecule has 2 N–H and O–H groups in total. The van der Waals surface area contributed by atoms with Crippen LogP contribution in [-0.2, 0) is 6.42 Å². The van der Waals surface area contributed by atoms with Crippen LogP contribution in [0.25, 0.3) is 0 Å². The molecule has 1 aromatic carbocycles. The van der Waals surface area contributed by atoms with E-state index in [9.17, 15) is 0 Å². The molecule has 1 radical (unpaired) electrons. The van der Waals surface area contributed by atoms with Gasteiger partial charge in [0, 0.05) is 5.54 Å². The van der Waals surface area contributed by atoms with Gasteiger partial charge in [-0.1, -0.05) is 50.1 Å². The minimum absolute atomic E-state index is 0.170. The Labute approximate surface area is 93.7 Å². The first-order valence-corrected chi connectivity index (χ1v) is 5.81. The number of hydrogen-bond donors (Lipinski definition) is 1. The maximum atomic E-state index is 6.23. The second-order valence-electron chi connectivity index (χ2n) is 4.51. The molecule has 0 aromatic heterocycles. The minimum Gasteiger partial charge on any atom is -0.325 e. The summed E-state index contributed by atoms with van der Waals surface area (Å²) in [6.45, 7) is 4.31. The van der Waals surface area contributed by atoms with Gasteiger partial charge in [-0.05, 0) is 31.7 Å². The molecule has 1 nitrogen and oxygen atoms in total. The van der Waals surface area contributed by atoms with Gasteiger partial charge in [-0.15, -0.1) is 0 Å². The van der Waals surface area contributed by atoms with E-state index in [0.29, 0.717) is 0 Å². The molecule has 1 atom stereocenters. The fraction of sp³-hybridized carbons (Fsp3) is 0.500. The molecule has 0 amide bonds. The Morgan fingerprint density at radius 3 is 2.53 bits per heavy atom. The lowest BCUT2D eigenvalue weighted by molar-refractivity contribution is 0.509. The normalized spacial score (nSPS) is 14.9. The second kappa shape index (κ2) is 5.92. The number of rotatable bonds is 6. The van der Waals surface area contributed by atoms with Crippen LogP contribution in [0.1, 0.15) is 38.7 Å². The van der Waals surface area contributed by atoms with Gasteiger partial charge < -0.3 is 5.73 Å². The van der Waals surface area contributed by atoms with E-state index in [4.69, 9.17) is 5.73 Å². The monoisotopic (exact) mass is 204 g/mol. The zero-order valence-electron chi connectivity index (χ0n) is 9.87. The zero-order chi connectivity index (χ0) is 11.1. The van der Waals surface area contributed by atoms with Crippen molar-refractivity contribution in [3.05, 3.63) is 42.3 Å². The number of benzene rings is 1. The van der Waals surface area contributed by atoms with Gasteiger partial charge in [0.15, 0.2) is 0 Å². The predicted octanol–water partition coefficient (Wildman–Crippen LogP) is 3.34. The molecule has 0 aliphatic carbocycles. The first-order chi connectivity index (χ1) is 7.14. The highest BCUT2D eigenvalue weighted by Gasteiger charge is 2.18. The average molecular weight is 204 g/mol. The maximum absolute atomic E-state index is 6.23. The Balaban J connectivity index is 2.42. The Bertz CT molecular complexity index is 264. The van der Waals surface area contributed by atoms with Gasteiger partial charge in [-0.3, -0.25) is 0 Å². The largest absolute Gasteiger partial charge is 0.325 e. The van der Waals surface area contributed by atoms with Crippen molar-refractivity contribution in [3.63, 3.8) is 0 Å². The summed E-state index contributed by atoms with van der Waals surface area (Å²) >= 11 is 0. The lowest BCUT2D eigenvalue weighted by Gasteiger charge is -2.24. The van der Waals surface area contributed by atoms with Gasteiger partial charge in [0.05, 0.1) is 0 Å². The second-order valence-corrected chi connectivity index (χ2v) is 4.51. The van der Waals surface area contributed by atoms with E-state index in [1.165, 1.54) is 18.4 Å². The molecule has 0 bridgehead atoms. The van der Waals surface area contributed by atoms with Gasteiger partial charge in [0.1, 0.15) is 0 Å². The summed E-state index contributed by atoms with van der Waals surface area (Å²) in [7, 11) is 0. The van der Waals surface area contributed by atoms with E-state index in [-0.39, 0.29) is 5.54 Å². The fourth-order valence-electron chi connectivity index (χ4n) is 1.74. The van der Waals surface area contributed by atoms with Crippen molar-refractivity contribution in [2.24, 2.45) is 5.73 Å². The molecule has 0 spiro atoms. The molecule has 0 saturated heterocycles. The predicted molar refractivity (Wildman–Crippen MR) is 66.6 cm³/mol. The minimum atomic E-state index is -0.170. The summed E-state index contributed by atoms with van der Waals surface area (Å²) in [4.78, 5) is 0. The quantitative estimate of drug-likeness (QED) is 0.707. The Kier molecular flexibility index (Phi) is 4.83. The fourth-order valence-corrected chi connectivity index (χ4v) is 1.74. The van der Waals surface area contributed by atoms with Gasteiger partial charge in [0.25, 0.3) is 0 Å².